The highest BCUT2D eigenvalue weighted by Crippen LogP contribution is 2.16. The molecule has 1 nitrogen and oxygen atoms in total. The number of hydrogen-bond donors (Lipinski definition) is 0. The Bertz CT molecular complexity index is 242. The van der Waals surface area contributed by atoms with E-state index >= 15 is 0 Å². The molecule has 0 N–H and O–H groups in total. The molecule has 1 aromatic heterocycles. The number of halogens is 1. The molecular weight excluding hydrogens is 257 g/mol. The third-order valence-electron chi connectivity index (χ3n) is 1.54. The van der Waals surface area contributed by atoms with Crippen molar-refractivity contribution in [1.82, 2.24) is 0 Å². The summed E-state index contributed by atoms with van der Waals surface area (Å²) in [5, 5.41) is 0. The van der Waals surface area contributed by atoms with Crippen LogP contribution in [-0.4, -0.2) is 0 Å². The Balaban J connectivity index is 3.17. The van der Waals surface area contributed by atoms with Gasteiger partial charge in [0.15, 0.2) is 6.54 Å². The zero-order valence-corrected chi connectivity index (χ0v) is 9.41. The number of aryl methyl sites for hydroxylation is 2. The van der Waals surface area contributed by atoms with Gasteiger partial charge in [0.2, 0.25) is 5.69 Å². The molecule has 0 fully saturated rings. The van der Waals surface area contributed by atoms with Gasteiger partial charge in [-0.1, -0.05) is 0 Å². The Hall–Kier alpha value is 0.360. The molecule has 1 heterocycles. The highest BCUT2D eigenvalue weighted by atomic mass is 127. The molecule has 0 aromatic carbocycles. The predicted molar refractivity (Wildman–Crippen MR) is 52.4 cm³/mol. The van der Waals surface area contributed by atoms with Crippen LogP contribution in [0.3, 0.4) is 0 Å². The number of hydrogen-bond acceptors (Lipinski definition) is 1. The summed E-state index contributed by atoms with van der Waals surface area (Å²) in [6.45, 7) is 7.62. The monoisotopic (exact) mass is 268 g/mol. The van der Waals surface area contributed by atoms with E-state index < -0.39 is 0 Å². The van der Waals surface area contributed by atoms with Crippen LogP contribution < -0.4 is 3.96 Å². The minimum Gasteiger partial charge on any atom is -0.137 e. The molecule has 0 atom stereocenters. The van der Waals surface area contributed by atoms with Crippen LogP contribution in [0.25, 0.3) is 0 Å². The molecule has 56 valence electrons. The second kappa shape index (κ2) is 3.17. The molecule has 0 unspecified atom stereocenters. The molecule has 0 radical (unpaired) electrons. The maximum Gasteiger partial charge on any atom is 0.206 e. The first-order valence-electron chi connectivity index (χ1n) is 3.32. The summed E-state index contributed by atoms with van der Waals surface area (Å²) in [5.41, 5.74) is 1.41. The maximum absolute atomic E-state index is 2.40. The highest BCUT2D eigenvalue weighted by molar-refractivity contribution is 14.1. The van der Waals surface area contributed by atoms with Crippen LogP contribution in [0.1, 0.15) is 17.5 Å². The Morgan fingerprint density at radius 2 is 2.10 bits per heavy atom. The van der Waals surface area contributed by atoms with Gasteiger partial charge in [0, 0.05) is 6.92 Å². The molecule has 1 rings (SSSR count). The minimum absolute atomic E-state index is 1.10. The summed E-state index contributed by atoms with van der Waals surface area (Å²) in [6.07, 6.45) is 0. The minimum atomic E-state index is 1.10. The van der Waals surface area contributed by atoms with Crippen LogP contribution in [0.15, 0.2) is 0 Å². The van der Waals surface area contributed by atoms with Crippen LogP contribution in [0.4, 0.5) is 0 Å². The van der Waals surface area contributed by atoms with E-state index in [0.717, 1.165) is 6.54 Å². The van der Waals surface area contributed by atoms with Gasteiger partial charge >= 0.3 is 0 Å². The zero-order chi connectivity index (χ0) is 7.72. The maximum atomic E-state index is 2.40. The lowest BCUT2D eigenvalue weighted by molar-refractivity contribution is -0.632. The molecule has 0 aliphatic rings. The topological polar surface area (TPSA) is 3.88 Å². The standard InChI is InChI=1S/C7H11INS/c1-4-9-5(2)7(8)6(3)10-9/h4H2,1-3H3/q+1. The van der Waals surface area contributed by atoms with E-state index in [0.29, 0.717) is 0 Å². The van der Waals surface area contributed by atoms with Crippen LogP contribution >= 0.6 is 34.1 Å². The van der Waals surface area contributed by atoms with Crippen molar-refractivity contribution in [2.45, 2.75) is 27.3 Å². The van der Waals surface area contributed by atoms with Gasteiger partial charge in [-0.05, 0) is 36.4 Å². The number of rotatable bonds is 1. The van der Waals surface area contributed by atoms with Crippen molar-refractivity contribution in [1.29, 1.82) is 0 Å². The van der Waals surface area contributed by atoms with E-state index in [1.807, 2.05) is 11.5 Å². The van der Waals surface area contributed by atoms with E-state index in [2.05, 4.69) is 47.3 Å². The molecule has 0 saturated carbocycles. The van der Waals surface area contributed by atoms with Crippen LogP contribution in [0, 0.1) is 17.4 Å². The molecule has 0 bridgehead atoms. The summed E-state index contributed by atoms with van der Waals surface area (Å²) < 4.78 is 3.74. The molecular formula is C7H11INS+. The van der Waals surface area contributed by atoms with Gasteiger partial charge in [0.25, 0.3) is 0 Å². The quantitative estimate of drug-likeness (QED) is 0.543. The first-order valence-corrected chi connectivity index (χ1v) is 5.17. The van der Waals surface area contributed by atoms with Crippen LogP contribution in [0.5, 0.6) is 0 Å². The zero-order valence-electron chi connectivity index (χ0n) is 6.44. The Labute approximate surface area is 79.4 Å². The summed E-state index contributed by atoms with van der Waals surface area (Å²) in [5.74, 6) is 0. The van der Waals surface area contributed by atoms with E-state index in [1.54, 1.807) is 0 Å². The average molecular weight is 268 g/mol. The summed E-state index contributed by atoms with van der Waals surface area (Å²) in [4.78, 5) is 1.43. The first-order chi connectivity index (χ1) is 4.66. The number of aromatic nitrogens is 1. The molecule has 0 amide bonds. The van der Waals surface area contributed by atoms with Crippen LogP contribution in [0.2, 0.25) is 0 Å². The lowest BCUT2D eigenvalue weighted by Crippen LogP contribution is -2.29. The molecule has 10 heavy (non-hydrogen) atoms. The first kappa shape index (κ1) is 8.46. The lowest BCUT2D eigenvalue weighted by atomic mass is 10.4. The van der Waals surface area contributed by atoms with Gasteiger partial charge in [-0.2, -0.15) is 0 Å². The third-order valence-corrected chi connectivity index (χ3v) is 4.72. The van der Waals surface area contributed by atoms with Gasteiger partial charge in [0.1, 0.15) is 11.5 Å². The average Bonchev–Trinajstić information content (AvgIpc) is 2.17. The van der Waals surface area contributed by atoms with Crippen molar-refractivity contribution in [3.63, 3.8) is 0 Å². The highest BCUT2D eigenvalue weighted by Gasteiger charge is 2.15. The second-order valence-corrected chi connectivity index (χ2v) is 4.56. The van der Waals surface area contributed by atoms with Crippen molar-refractivity contribution in [2.24, 2.45) is 0 Å². The van der Waals surface area contributed by atoms with Gasteiger partial charge in [-0.15, -0.1) is 3.96 Å². The molecule has 0 saturated heterocycles. The molecule has 0 aliphatic heterocycles. The van der Waals surface area contributed by atoms with E-state index in [1.165, 1.54) is 14.1 Å². The Morgan fingerprint density at radius 1 is 1.50 bits per heavy atom. The normalized spacial score (nSPS) is 10.4. The summed E-state index contributed by atoms with van der Waals surface area (Å²) in [6, 6.07) is 0. The van der Waals surface area contributed by atoms with Crippen LogP contribution in [-0.2, 0) is 6.54 Å². The molecule has 0 aliphatic carbocycles. The van der Waals surface area contributed by atoms with Gasteiger partial charge in [0.05, 0.1) is 8.45 Å². The van der Waals surface area contributed by atoms with Crippen molar-refractivity contribution < 1.29 is 3.96 Å². The van der Waals surface area contributed by atoms with Gasteiger partial charge < -0.3 is 0 Å². The fourth-order valence-corrected chi connectivity index (χ4v) is 2.61. The van der Waals surface area contributed by atoms with Crippen molar-refractivity contribution in [2.75, 3.05) is 0 Å². The van der Waals surface area contributed by atoms with Crippen molar-refractivity contribution in [3.05, 3.63) is 14.1 Å². The van der Waals surface area contributed by atoms with Crippen molar-refractivity contribution in [3.8, 4) is 0 Å². The summed E-state index contributed by atoms with van der Waals surface area (Å²) in [7, 11) is 0. The molecule has 3 heteroatoms. The Kier molecular flexibility index (Phi) is 2.68. The van der Waals surface area contributed by atoms with E-state index in [-0.39, 0.29) is 0 Å². The predicted octanol–water partition coefficient (Wildman–Crippen LogP) is 2.28. The lowest BCUT2D eigenvalue weighted by Gasteiger charge is -1.83. The fourth-order valence-electron chi connectivity index (χ4n) is 0.940. The molecule has 1 aromatic rings. The number of nitrogens with zero attached hydrogens (tertiary/aromatic N) is 1. The van der Waals surface area contributed by atoms with Gasteiger partial charge in [-0.25, -0.2) is 0 Å². The SMILES string of the molecule is CC[n+]1sc(C)c(I)c1C. The molecule has 0 spiro atoms. The van der Waals surface area contributed by atoms with E-state index in [4.69, 9.17) is 0 Å². The van der Waals surface area contributed by atoms with Gasteiger partial charge in [-0.3, -0.25) is 0 Å². The Morgan fingerprint density at radius 3 is 2.30 bits per heavy atom. The second-order valence-electron chi connectivity index (χ2n) is 2.24. The fraction of sp³-hybridized carbons (Fsp3) is 0.571. The van der Waals surface area contributed by atoms with E-state index in [9.17, 15) is 0 Å². The summed E-state index contributed by atoms with van der Waals surface area (Å²) >= 11 is 4.25. The largest absolute Gasteiger partial charge is 0.206 e. The smallest absolute Gasteiger partial charge is 0.137 e. The third kappa shape index (κ3) is 1.34. The van der Waals surface area contributed by atoms with Crippen molar-refractivity contribution >= 4 is 34.1 Å².